The molecule has 16 heavy (non-hydrogen) atoms. The number of methoxy groups -OCH3 is 1. The Morgan fingerprint density at radius 3 is 2.81 bits per heavy atom. The van der Waals surface area contributed by atoms with Crippen molar-refractivity contribution in [3.63, 3.8) is 0 Å². The molecule has 1 N–H and O–H groups in total. The Morgan fingerprint density at radius 2 is 2.19 bits per heavy atom. The summed E-state index contributed by atoms with van der Waals surface area (Å²) < 4.78 is 10.1. The predicted molar refractivity (Wildman–Crippen MR) is 59.0 cm³/mol. The normalized spacial score (nSPS) is 22.6. The number of hydrogen-bond acceptors (Lipinski definition) is 3. The molecule has 0 bridgehead atoms. The first-order valence-corrected chi connectivity index (χ1v) is 5.29. The van der Waals surface area contributed by atoms with Crippen LogP contribution in [0, 0.1) is 0 Å². The highest BCUT2D eigenvalue weighted by atomic mass is 16.5. The Kier molecular flexibility index (Phi) is 3.41. The molecule has 0 aromatic heterocycles. The first-order chi connectivity index (χ1) is 7.79. The van der Waals surface area contributed by atoms with Gasteiger partial charge in [0.15, 0.2) is 0 Å². The third-order valence-electron chi connectivity index (χ3n) is 2.55. The quantitative estimate of drug-likeness (QED) is 0.841. The second kappa shape index (κ2) is 4.99. The SMILES string of the molecule is CO[C@@H]1C[C@@H]1NC(=O)OCc1ccccc1. The van der Waals surface area contributed by atoms with Crippen molar-refractivity contribution in [1.29, 1.82) is 0 Å². The largest absolute Gasteiger partial charge is 0.445 e. The van der Waals surface area contributed by atoms with Gasteiger partial charge in [0.05, 0.1) is 12.1 Å². The summed E-state index contributed by atoms with van der Waals surface area (Å²) in [7, 11) is 1.64. The summed E-state index contributed by atoms with van der Waals surface area (Å²) in [5.74, 6) is 0. The van der Waals surface area contributed by atoms with Gasteiger partial charge in [-0.1, -0.05) is 30.3 Å². The maximum Gasteiger partial charge on any atom is 0.407 e. The molecule has 4 nitrogen and oxygen atoms in total. The van der Waals surface area contributed by atoms with E-state index in [1.165, 1.54) is 0 Å². The summed E-state index contributed by atoms with van der Waals surface area (Å²) in [5, 5.41) is 2.74. The van der Waals surface area contributed by atoms with E-state index in [2.05, 4.69) is 5.32 Å². The number of ether oxygens (including phenoxy) is 2. The predicted octanol–water partition coefficient (Wildman–Crippen LogP) is 1.70. The number of rotatable bonds is 4. The van der Waals surface area contributed by atoms with E-state index in [1.807, 2.05) is 30.3 Å². The van der Waals surface area contributed by atoms with Crippen molar-refractivity contribution in [1.82, 2.24) is 5.32 Å². The lowest BCUT2D eigenvalue weighted by molar-refractivity contribution is 0.132. The molecule has 1 aromatic rings. The van der Waals surface area contributed by atoms with Gasteiger partial charge in [0.25, 0.3) is 0 Å². The molecule has 0 radical (unpaired) electrons. The summed E-state index contributed by atoms with van der Waals surface area (Å²) in [6, 6.07) is 9.71. The number of nitrogens with one attached hydrogen (secondary N) is 1. The molecule has 4 heteroatoms. The van der Waals surface area contributed by atoms with Crippen LogP contribution < -0.4 is 5.32 Å². The topological polar surface area (TPSA) is 47.6 Å². The fourth-order valence-corrected chi connectivity index (χ4v) is 1.50. The molecule has 2 rings (SSSR count). The van der Waals surface area contributed by atoms with Gasteiger partial charge in [-0.3, -0.25) is 0 Å². The maximum absolute atomic E-state index is 11.3. The van der Waals surface area contributed by atoms with E-state index in [4.69, 9.17) is 9.47 Å². The van der Waals surface area contributed by atoms with Crippen LogP contribution in [0.2, 0.25) is 0 Å². The lowest BCUT2D eigenvalue weighted by Crippen LogP contribution is -2.28. The fraction of sp³-hybridized carbons (Fsp3) is 0.417. The molecule has 1 fully saturated rings. The zero-order valence-electron chi connectivity index (χ0n) is 9.18. The molecular formula is C12H15NO3. The Bertz CT molecular complexity index is 353. The third-order valence-corrected chi connectivity index (χ3v) is 2.55. The Morgan fingerprint density at radius 1 is 1.44 bits per heavy atom. The van der Waals surface area contributed by atoms with Crippen molar-refractivity contribution in [3.8, 4) is 0 Å². The van der Waals surface area contributed by atoms with Crippen LogP contribution in [-0.4, -0.2) is 25.3 Å². The summed E-state index contributed by atoms with van der Waals surface area (Å²) in [4.78, 5) is 11.3. The van der Waals surface area contributed by atoms with E-state index in [0.29, 0.717) is 6.61 Å². The molecule has 1 amide bonds. The third kappa shape index (κ3) is 2.97. The molecule has 1 saturated carbocycles. The van der Waals surface area contributed by atoms with Gasteiger partial charge in [-0.05, 0) is 12.0 Å². The molecule has 0 spiro atoms. The highest BCUT2D eigenvalue weighted by Crippen LogP contribution is 2.24. The van der Waals surface area contributed by atoms with Gasteiger partial charge >= 0.3 is 6.09 Å². The van der Waals surface area contributed by atoms with Gasteiger partial charge in [0, 0.05) is 7.11 Å². The van der Waals surface area contributed by atoms with E-state index < -0.39 is 0 Å². The van der Waals surface area contributed by atoms with Gasteiger partial charge in [0.1, 0.15) is 6.61 Å². The second-order valence-corrected chi connectivity index (χ2v) is 3.82. The molecule has 0 saturated heterocycles. The van der Waals surface area contributed by atoms with Crippen LogP contribution in [0.5, 0.6) is 0 Å². The van der Waals surface area contributed by atoms with Crippen molar-refractivity contribution in [2.75, 3.05) is 7.11 Å². The van der Waals surface area contributed by atoms with Crippen LogP contribution in [0.1, 0.15) is 12.0 Å². The average Bonchev–Trinajstić information content (AvgIpc) is 3.06. The maximum atomic E-state index is 11.3. The number of alkyl carbamates (subject to hydrolysis) is 1. The van der Waals surface area contributed by atoms with Gasteiger partial charge < -0.3 is 14.8 Å². The van der Waals surface area contributed by atoms with Crippen molar-refractivity contribution in [2.45, 2.75) is 25.2 Å². The molecule has 1 aromatic carbocycles. The molecular weight excluding hydrogens is 206 g/mol. The molecule has 86 valence electrons. The fourth-order valence-electron chi connectivity index (χ4n) is 1.50. The van der Waals surface area contributed by atoms with Gasteiger partial charge in [-0.2, -0.15) is 0 Å². The van der Waals surface area contributed by atoms with Crippen LogP contribution in [-0.2, 0) is 16.1 Å². The zero-order chi connectivity index (χ0) is 11.4. The highest BCUT2D eigenvalue weighted by molar-refractivity contribution is 5.68. The zero-order valence-corrected chi connectivity index (χ0v) is 9.18. The number of benzene rings is 1. The lowest BCUT2D eigenvalue weighted by atomic mass is 10.2. The van der Waals surface area contributed by atoms with Crippen molar-refractivity contribution in [3.05, 3.63) is 35.9 Å². The minimum Gasteiger partial charge on any atom is -0.445 e. The molecule has 0 aliphatic heterocycles. The van der Waals surface area contributed by atoms with Gasteiger partial charge in [-0.15, -0.1) is 0 Å². The van der Waals surface area contributed by atoms with E-state index in [-0.39, 0.29) is 18.2 Å². The lowest BCUT2D eigenvalue weighted by Gasteiger charge is -2.06. The van der Waals surface area contributed by atoms with Gasteiger partial charge in [0.2, 0.25) is 0 Å². The van der Waals surface area contributed by atoms with E-state index >= 15 is 0 Å². The highest BCUT2D eigenvalue weighted by Gasteiger charge is 2.38. The Labute approximate surface area is 94.6 Å². The van der Waals surface area contributed by atoms with E-state index in [0.717, 1.165) is 12.0 Å². The Hall–Kier alpha value is -1.55. The molecule has 1 aliphatic carbocycles. The standard InChI is InChI=1S/C12H15NO3/c1-15-11-7-10(11)13-12(14)16-8-9-5-3-2-4-6-9/h2-6,10-11H,7-8H2,1H3,(H,13,14)/t10-,11+/m0/s1. The molecule has 1 aliphatic rings. The number of carbonyl (C=O) groups excluding carboxylic acids is 1. The second-order valence-electron chi connectivity index (χ2n) is 3.82. The molecule has 0 unspecified atom stereocenters. The van der Waals surface area contributed by atoms with Gasteiger partial charge in [-0.25, -0.2) is 4.79 Å². The van der Waals surface area contributed by atoms with Crippen LogP contribution in [0.3, 0.4) is 0 Å². The van der Waals surface area contributed by atoms with Crippen molar-refractivity contribution >= 4 is 6.09 Å². The first-order valence-electron chi connectivity index (χ1n) is 5.29. The van der Waals surface area contributed by atoms with Crippen LogP contribution in [0.4, 0.5) is 4.79 Å². The Balaban J connectivity index is 1.69. The average molecular weight is 221 g/mol. The monoisotopic (exact) mass is 221 g/mol. The van der Waals surface area contributed by atoms with Crippen LogP contribution >= 0.6 is 0 Å². The van der Waals surface area contributed by atoms with E-state index in [1.54, 1.807) is 7.11 Å². The summed E-state index contributed by atoms with van der Waals surface area (Å²) in [5.41, 5.74) is 0.983. The summed E-state index contributed by atoms with van der Waals surface area (Å²) in [6.07, 6.45) is 0.648. The first kappa shape index (κ1) is 11.0. The van der Waals surface area contributed by atoms with E-state index in [9.17, 15) is 4.79 Å². The molecule has 0 heterocycles. The minimum atomic E-state index is -0.381. The summed E-state index contributed by atoms with van der Waals surface area (Å²) in [6.45, 7) is 0.303. The smallest absolute Gasteiger partial charge is 0.407 e. The summed E-state index contributed by atoms with van der Waals surface area (Å²) >= 11 is 0. The van der Waals surface area contributed by atoms with Crippen LogP contribution in [0.25, 0.3) is 0 Å². The number of amides is 1. The van der Waals surface area contributed by atoms with Crippen molar-refractivity contribution in [2.24, 2.45) is 0 Å². The number of carbonyl (C=O) groups is 1. The molecule has 2 atom stereocenters. The van der Waals surface area contributed by atoms with Crippen LogP contribution in [0.15, 0.2) is 30.3 Å². The van der Waals surface area contributed by atoms with Crippen molar-refractivity contribution < 1.29 is 14.3 Å². The minimum absolute atomic E-state index is 0.119. The number of hydrogen-bond donors (Lipinski definition) is 1.